The molecule has 2 rings (SSSR count). The Morgan fingerprint density at radius 3 is 2.50 bits per heavy atom. The van der Waals surface area contributed by atoms with E-state index in [1.807, 2.05) is 12.1 Å². The highest BCUT2D eigenvalue weighted by atomic mass is 35.5. The van der Waals surface area contributed by atoms with Crippen molar-refractivity contribution in [2.45, 2.75) is 19.8 Å². The molecule has 0 aliphatic carbocycles. The maximum Gasteiger partial charge on any atom is 0.338 e. The standard InChI is InChI=1S/C18H19ClN2O2S/c1-2-3-11-23-17(22)13-7-9-15(10-8-13)20-18(24)21-16-6-4-5-14(19)12-16/h4-10,12H,2-3,11H2,1H3,(H2,20,21,24). The van der Waals surface area contributed by atoms with E-state index in [2.05, 4.69) is 17.6 Å². The second-order valence-electron chi connectivity index (χ2n) is 5.16. The average molecular weight is 363 g/mol. The number of hydrogen-bond acceptors (Lipinski definition) is 3. The lowest BCUT2D eigenvalue weighted by Gasteiger charge is -2.11. The van der Waals surface area contributed by atoms with E-state index in [-0.39, 0.29) is 5.97 Å². The molecule has 0 radical (unpaired) electrons. The Balaban J connectivity index is 1.89. The molecule has 2 N–H and O–H groups in total. The van der Waals surface area contributed by atoms with E-state index in [1.165, 1.54) is 0 Å². The van der Waals surface area contributed by atoms with Crippen LogP contribution in [0.1, 0.15) is 30.1 Å². The Morgan fingerprint density at radius 1 is 1.12 bits per heavy atom. The molecular weight excluding hydrogens is 344 g/mol. The van der Waals surface area contributed by atoms with E-state index in [0.717, 1.165) is 24.2 Å². The number of nitrogens with one attached hydrogen (secondary N) is 2. The number of anilines is 2. The lowest BCUT2D eigenvalue weighted by molar-refractivity contribution is 0.0500. The minimum Gasteiger partial charge on any atom is -0.462 e. The molecule has 0 spiro atoms. The van der Waals surface area contributed by atoms with E-state index >= 15 is 0 Å². The summed E-state index contributed by atoms with van der Waals surface area (Å²) in [5, 5.41) is 7.17. The van der Waals surface area contributed by atoms with Gasteiger partial charge in [-0.2, -0.15) is 0 Å². The first kappa shape index (κ1) is 18.2. The van der Waals surface area contributed by atoms with E-state index in [1.54, 1.807) is 36.4 Å². The first-order valence-corrected chi connectivity index (χ1v) is 8.48. The zero-order chi connectivity index (χ0) is 17.4. The summed E-state index contributed by atoms with van der Waals surface area (Å²) < 4.78 is 5.17. The largest absolute Gasteiger partial charge is 0.462 e. The number of hydrogen-bond donors (Lipinski definition) is 2. The van der Waals surface area contributed by atoms with Crippen LogP contribution in [0.4, 0.5) is 11.4 Å². The molecule has 0 unspecified atom stereocenters. The Hall–Kier alpha value is -2.11. The maximum absolute atomic E-state index is 11.8. The average Bonchev–Trinajstić information content (AvgIpc) is 2.55. The molecule has 0 saturated heterocycles. The lowest BCUT2D eigenvalue weighted by atomic mass is 10.2. The van der Waals surface area contributed by atoms with Crippen LogP contribution in [-0.2, 0) is 4.74 Å². The molecule has 0 saturated carbocycles. The fourth-order valence-corrected chi connectivity index (χ4v) is 2.37. The second kappa shape index (κ2) is 9.25. The predicted molar refractivity (Wildman–Crippen MR) is 103 cm³/mol. The quantitative estimate of drug-likeness (QED) is 0.425. The zero-order valence-corrected chi connectivity index (χ0v) is 14.9. The van der Waals surface area contributed by atoms with Gasteiger partial charge < -0.3 is 15.4 Å². The van der Waals surface area contributed by atoms with Crippen molar-refractivity contribution >= 4 is 46.3 Å². The summed E-state index contributed by atoms with van der Waals surface area (Å²) in [5.74, 6) is -0.311. The molecule has 2 aromatic carbocycles. The van der Waals surface area contributed by atoms with Crippen LogP contribution in [0.2, 0.25) is 5.02 Å². The highest BCUT2D eigenvalue weighted by molar-refractivity contribution is 7.80. The normalized spacial score (nSPS) is 10.1. The summed E-state index contributed by atoms with van der Waals surface area (Å²) in [6.07, 6.45) is 1.86. The minimum atomic E-state index is -0.311. The van der Waals surface area contributed by atoms with Crippen LogP contribution in [0.3, 0.4) is 0 Å². The number of benzene rings is 2. The van der Waals surface area contributed by atoms with Crippen LogP contribution in [0.15, 0.2) is 48.5 Å². The highest BCUT2D eigenvalue weighted by Gasteiger charge is 2.07. The summed E-state index contributed by atoms with van der Waals surface area (Å²) in [6, 6.07) is 14.3. The molecule has 4 nitrogen and oxygen atoms in total. The number of carbonyl (C=O) groups excluding carboxylic acids is 1. The fourth-order valence-electron chi connectivity index (χ4n) is 1.94. The molecule has 0 amide bonds. The molecule has 0 atom stereocenters. The van der Waals surface area contributed by atoms with Crippen molar-refractivity contribution in [1.82, 2.24) is 0 Å². The number of esters is 1. The summed E-state index contributed by atoms with van der Waals surface area (Å²) in [5.41, 5.74) is 2.10. The lowest BCUT2D eigenvalue weighted by Crippen LogP contribution is -2.19. The van der Waals surface area contributed by atoms with Crippen molar-refractivity contribution in [2.24, 2.45) is 0 Å². The molecule has 6 heteroatoms. The molecule has 0 bridgehead atoms. The number of halogens is 1. The molecular formula is C18H19ClN2O2S. The molecule has 2 aromatic rings. The van der Waals surface area contributed by atoms with Crippen LogP contribution in [0, 0.1) is 0 Å². The van der Waals surface area contributed by atoms with Crippen LogP contribution >= 0.6 is 23.8 Å². The first-order valence-electron chi connectivity index (χ1n) is 7.69. The van der Waals surface area contributed by atoms with Crippen molar-refractivity contribution in [2.75, 3.05) is 17.2 Å². The molecule has 0 heterocycles. The van der Waals surface area contributed by atoms with Crippen molar-refractivity contribution < 1.29 is 9.53 Å². The van der Waals surface area contributed by atoms with Gasteiger partial charge in [-0.15, -0.1) is 0 Å². The molecule has 126 valence electrons. The van der Waals surface area contributed by atoms with Crippen LogP contribution < -0.4 is 10.6 Å². The van der Waals surface area contributed by atoms with Gasteiger partial charge in [0.05, 0.1) is 12.2 Å². The third kappa shape index (κ3) is 5.83. The van der Waals surface area contributed by atoms with Gasteiger partial charge in [-0.3, -0.25) is 0 Å². The van der Waals surface area contributed by atoms with Crippen molar-refractivity contribution in [3.63, 3.8) is 0 Å². The first-order chi connectivity index (χ1) is 11.6. The van der Waals surface area contributed by atoms with Crippen molar-refractivity contribution in [1.29, 1.82) is 0 Å². The van der Waals surface area contributed by atoms with Gasteiger partial charge in [-0.05, 0) is 61.1 Å². The van der Waals surface area contributed by atoms with E-state index in [4.69, 9.17) is 28.6 Å². The van der Waals surface area contributed by atoms with E-state index < -0.39 is 0 Å². The second-order valence-corrected chi connectivity index (χ2v) is 6.00. The molecule has 0 aliphatic rings. The highest BCUT2D eigenvalue weighted by Crippen LogP contribution is 2.16. The summed E-state index contributed by atoms with van der Waals surface area (Å²) in [6.45, 7) is 2.50. The molecule has 24 heavy (non-hydrogen) atoms. The third-order valence-corrected chi connectivity index (χ3v) is 3.63. The van der Waals surface area contributed by atoms with Gasteiger partial charge >= 0.3 is 5.97 Å². The number of ether oxygens (including phenoxy) is 1. The monoisotopic (exact) mass is 362 g/mol. The Kier molecular flexibility index (Phi) is 7.03. The van der Waals surface area contributed by atoms with Gasteiger partial charge in [0.2, 0.25) is 0 Å². The molecule has 0 aromatic heterocycles. The Morgan fingerprint density at radius 2 is 1.83 bits per heavy atom. The van der Waals surface area contributed by atoms with Crippen molar-refractivity contribution in [3.05, 3.63) is 59.1 Å². The van der Waals surface area contributed by atoms with Gasteiger partial charge in [-0.25, -0.2) is 4.79 Å². The topological polar surface area (TPSA) is 50.4 Å². The number of thiocarbonyl (C=S) groups is 1. The zero-order valence-electron chi connectivity index (χ0n) is 13.3. The van der Waals surface area contributed by atoms with Gasteiger partial charge in [0, 0.05) is 16.4 Å². The summed E-state index contributed by atoms with van der Waals surface area (Å²) >= 11 is 11.2. The number of rotatable bonds is 6. The minimum absolute atomic E-state index is 0.311. The molecule has 0 aliphatic heterocycles. The smallest absolute Gasteiger partial charge is 0.338 e. The SMILES string of the molecule is CCCCOC(=O)c1ccc(NC(=S)Nc2cccc(Cl)c2)cc1. The van der Waals surface area contributed by atoms with Crippen molar-refractivity contribution in [3.8, 4) is 0 Å². The van der Waals surface area contributed by atoms with Gasteiger partial charge in [-0.1, -0.05) is 31.0 Å². The van der Waals surface area contributed by atoms with Gasteiger partial charge in [0.1, 0.15) is 0 Å². The fraction of sp³-hybridized carbons (Fsp3) is 0.222. The van der Waals surface area contributed by atoms with Crippen LogP contribution in [0.25, 0.3) is 0 Å². The summed E-state index contributed by atoms with van der Waals surface area (Å²) in [7, 11) is 0. The summed E-state index contributed by atoms with van der Waals surface area (Å²) in [4.78, 5) is 11.8. The van der Waals surface area contributed by atoms with E-state index in [0.29, 0.717) is 22.3 Å². The number of carbonyl (C=O) groups is 1. The maximum atomic E-state index is 11.8. The Labute approximate surface area is 152 Å². The Bertz CT molecular complexity index is 704. The van der Waals surface area contributed by atoms with Gasteiger partial charge in [0.15, 0.2) is 5.11 Å². The van der Waals surface area contributed by atoms with E-state index in [9.17, 15) is 4.79 Å². The third-order valence-electron chi connectivity index (χ3n) is 3.19. The van der Waals surface area contributed by atoms with Crippen LogP contribution in [0.5, 0.6) is 0 Å². The molecule has 0 fully saturated rings. The van der Waals surface area contributed by atoms with Crippen LogP contribution in [-0.4, -0.2) is 17.7 Å². The number of unbranched alkanes of at least 4 members (excludes halogenated alkanes) is 1. The van der Waals surface area contributed by atoms with Gasteiger partial charge in [0.25, 0.3) is 0 Å². The predicted octanol–water partition coefficient (Wildman–Crippen LogP) is 5.11.